The SMILES string of the molecule is CNC(=O)c1cccc2cc(N(CC(=O)OC(C)(C)C)S(=O)(=O)c3cc(Cl)cc(Cl)c3)ccc12. The van der Waals surface area contributed by atoms with E-state index in [0.29, 0.717) is 16.3 Å². The molecule has 0 atom stereocenters. The number of nitrogens with one attached hydrogen (secondary N) is 1. The van der Waals surface area contributed by atoms with Crippen molar-refractivity contribution in [2.45, 2.75) is 31.3 Å². The summed E-state index contributed by atoms with van der Waals surface area (Å²) >= 11 is 12.1. The zero-order valence-electron chi connectivity index (χ0n) is 19.1. The van der Waals surface area contributed by atoms with Crippen LogP contribution in [0.4, 0.5) is 5.69 Å². The van der Waals surface area contributed by atoms with Crippen molar-refractivity contribution < 1.29 is 22.7 Å². The molecule has 1 N–H and O–H groups in total. The van der Waals surface area contributed by atoms with Gasteiger partial charge in [0.2, 0.25) is 0 Å². The van der Waals surface area contributed by atoms with Gasteiger partial charge in [0.25, 0.3) is 15.9 Å². The summed E-state index contributed by atoms with van der Waals surface area (Å²) in [4.78, 5) is 24.7. The van der Waals surface area contributed by atoms with E-state index in [-0.39, 0.29) is 26.5 Å². The van der Waals surface area contributed by atoms with Gasteiger partial charge in [0.1, 0.15) is 12.1 Å². The van der Waals surface area contributed by atoms with Crippen LogP contribution in [0.1, 0.15) is 31.1 Å². The van der Waals surface area contributed by atoms with Crippen LogP contribution in [0.25, 0.3) is 10.8 Å². The number of sulfonamides is 1. The van der Waals surface area contributed by atoms with Gasteiger partial charge in [0.05, 0.1) is 10.6 Å². The number of ether oxygens (including phenoxy) is 1. The van der Waals surface area contributed by atoms with E-state index in [0.717, 1.165) is 4.31 Å². The van der Waals surface area contributed by atoms with Crippen LogP contribution in [0.2, 0.25) is 10.0 Å². The molecule has 0 heterocycles. The Hall–Kier alpha value is -2.81. The molecule has 180 valence electrons. The quantitative estimate of drug-likeness (QED) is 0.457. The molecule has 10 heteroatoms. The highest BCUT2D eigenvalue weighted by atomic mass is 35.5. The first-order valence-electron chi connectivity index (χ1n) is 10.3. The van der Waals surface area contributed by atoms with Crippen molar-refractivity contribution >= 4 is 61.6 Å². The Kier molecular flexibility index (Phi) is 7.45. The molecule has 7 nitrogen and oxygen atoms in total. The van der Waals surface area contributed by atoms with Crippen LogP contribution < -0.4 is 9.62 Å². The molecular weight excluding hydrogens is 499 g/mol. The normalized spacial score (nSPS) is 11.8. The minimum Gasteiger partial charge on any atom is -0.459 e. The number of amides is 1. The van der Waals surface area contributed by atoms with Crippen LogP contribution in [0.15, 0.2) is 59.5 Å². The van der Waals surface area contributed by atoms with E-state index in [1.165, 1.54) is 31.3 Å². The number of esters is 1. The minimum absolute atomic E-state index is 0.136. The van der Waals surface area contributed by atoms with E-state index in [1.54, 1.807) is 51.1 Å². The first-order valence-corrected chi connectivity index (χ1v) is 12.5. The second-order valence-electron chi connectivity index (χ2n) is 8.49. The van der Waals surface area contributed by atoms with Gasteiger partial charge in [-0.15, -0.1) is 0 Å². The fraction of sp³-hybridized carbons (Fsp3) is 0.250. The van der Waals surface area contributed by atoms with Crippen LogP contribution in [0.3, 0.4) is 0 Å². The maximum Gasteiger partial charge on any atom is 0.327 e. The highest BCUT2D eigenvalue weighted by Gasteiger charge is 2.30. The summed E-state index contributed by atoms with van der Waals surface area (Å²) in [6.45, 7) is 4.49. The second kappa shape index (κ2) is 9.82. The van der Waals surface area contributed by atoms with Crippen LogP contribution in [0.5, 0.6) is 0 Å². The highest BCUT2D eigenvalue weighted by Crippen LogP contribution is 2.31. The van der Waals surface area contributed by atoms with Gasteiger partial charge in [-0.2, -0.15) is 0 Å². The predicted octanol–water partition coefficient (Wildman–Crippen LogP) is 5.04. The second-order valence-corrected chi connectivity index (χ2v) is 11.2. The summed E-state index contributed by atoms with van der Waals surface area (Å²) in [7, 11) is -2.74. The van der Waals surface area contributed by atoms with Gasteiger partial charge >= 0.3 is 5.97 Å². The van der Waals surface area contributed by atoms with E-state index in [1.807, 2.05) is 0 Å². The van der Waals surface area contributed by atoms with Gasteiger partial charge in [-0.1, -0.05) is 41.4 Å². The number of anilines is 1. The van der Waals surface area contributed by atoms with E-state index < -0.39 is 28.1 Å². The summed E-state index contributed by atoms with van der Waals surface area (Å²) in [5.41, 5.74) is -0.157. The van der Waals surface area contributed by atoms with Crippen LogP contribution in [0, 0.1) is 0 Å². The number of benzene rings is 3. The van der Waals surface area contributed by atoms with Crippen molar-refractivity contribution in [2.75, 3.05) is 17.9 Å². The number of hydrogen-bond donors (Lipinski definition) is 1. The topological polar surface area (TPSA) is 92.8 Å². The van der Waals surface area contributed by atoms with Gasteiger partial charge in [-0.3, -0.25) is 13.9 Å². The lowest BCUT2D eigenvalue weighted by atomic mass is 10.0. The molecule has 0 saturated carbocycles. The van der Waals surface area contributed by atoms with Crippen LogP contribution in [-0.4, -0.2) is 39.5 Å². The van der Waals surface area contributed by atoms with E-state index in [4.69, 9.17) is 27.9 Å². The number of carbonyl (C=O) groups is 2. The van der Waals surface area contributed by atoms with Crippen molar-refractivity contribution in [3.8, 4) is 0 Å². The molecule has 0 aliphatic carbocycles. The zero-order valence-corrected chi connectivity index (χ0v) is 21.4. The summed E-state index contributed by atoms with van der Waals surface area (Å²) in [6, 6.07) is 13.8. The first kappa shape index (κ1) is 25.8. The van der Waals surface area contributed by atoms with E-state index in [2.05, 4.69) is 5.32 Å². The molecule has 0 aliphatic rings. The number of hydrogen-bond acceptors (Lipinski definition) is 5. The number of carbonyl (C=O) groups excluding carboxylic acids is 2. The highest BCUT2D eigenvalue weighted by molar-refractivity contribution is 7.92. The van der Waals surface area contributed by atoms with Gasteiger partial charge in [-0.25, -0.2) is 8.42 Å². The number of rotatable bonds is 6. The molecule has 3 aromatic carbocycles. The molecular formula is C24H24Cl2N2O5S. The van der Waals surface area contributed by atoms with Gasteiger partial charge in [0, 0.05) is 22.7 Å². The first-order chi connectivity index (χ1) is 15.8. The summed E-state index contributed by atoms with van der Waals surface area (Å²) in [6.07, 6.45) is 0. The summed E-state index contributed by atoms with van der Waals surface area (Å²) in [5, 5.41) is 4.10. The minimum atomic E-state index is -4.27. The molecule has 3 aromatic rings. The van der Waals surface area contributed by atoms with Gasteiger partial charge in [-0.05, 0) is 67.9 Å². The Morgan fingerprint density at radius 2 is 1.65 bits per heavy atom. The third-order valence-electron chi connectivity index (χ3n) is 4.74. The van der Waals surface area contributed by atoms with Gasteiger partial charge < -0.3 is 10.1 Å². The van der Waals surface area contributed by atoms with E-state index in [9.17, 15) is 18.0 Å². The molecule has 0 unspecified atom stereocenters. The monoisotopic (exact) mass is 522 g/mol. The van der Waals surface area contributed by atoms with Crippen molar-refractivity contribution in [3.63, 3.8) is 0 Å². The smallest absolute Gasteiger partial charge is 0.327 e. The Bertz CT molecular complexity index is 1350. The Labute approximate surface area is 208 Å². The van der Waals surface area contributed by atoms with Gasteiger partial charge in [0.15, 0.2) is 0 Å². The Balaban J connectivity index is 2.16. The summed E-state index contributed by atoms with van der Waals surface area (Å²) in [5.74, 6) is -1.01. The van der Waals surface area contributed by atoms with Crippen molar-refractivity contribution in [2.24, 2.45) is 0 Å². The average Bonchev–Trinajstić information content (AvgIpc) is 2.74. The van der Waals surface area contributed by atoms with E-state index >= 15 is 0 Å². The fourth-order valence-electron chi connectivity index (χ4n) is 3.37. The molecule has 1 amide bonds. The standard InChI is InChI=1S/C24H24Cl2N2O5S/c1-24(2,3)33-22(29)14-28(34(31,32)19-12-16(25)11-17(26)13-19)18-8-9-20-15(10-18)6-5-7-21(20)23(30)27-4/h5-13H,14H2,1-4H3,(H,27,30). The molecule has 3 rings (SSSR count). The largest absolute Gasteiger partial charge is 0.459 e. The molecule has 0 bridgehead atoms. The van der Waals surface area contributed by atoms with Crippen LogP contribution >= 0.6 is 23.2 Å². The van der Waals surface area contributed by atoms with Crippen molar-refractivity contribution in [1.82, 2.24) is 5.32 Å². The lowest BCUT2D eigenvalue weighted by Crippen LogP contribution is -2.39. The molecule has 0 saturated heterocycles. The third-order valence-corrected chi connectivity index (χ3v) is 6.93. The lowest BCUT2D eigenvalue weighted by Gasteiger charge is -2.27. The number of nitrogens with zero attached hydrogens (tertiary/aromatic N) is 1. The summed E-state index contributed by atoms with van der Waals surface area (Å²) < 4.78 is 33.6. The van der Waals surface area contributed by atoms with Crippen molar-refractivity contribution in [3.05, 3.63) is 70.2 Å². The number of fused-ring (bicyclic) bond motifs is 1. The number of halogens is 2. The van der Waals surface area contributed by atoms with Crippen LogP contribution in [-0.2, 0) is 19.6 Å². The third kappa shape index (κ3) is 5.81. The Morgan fingerprint density at radius 1 is 1.00 bits per heavy atom. The molecule has 34 heavy (non-hydrogen) atoms. The lowest BCUT2D eigenvalue weighted by molar-refractivity contribution is -0.152. The molecule has 0 fully saturated rings. The molecule has 0 aromatic heterocycles. The molecule has 0 radical (unpaired) electrons. The average molecular weight is 523 g/mol. The van der Waals surface area contributed by atoms with Crippen molar-refractivity contribution in [1.29, 1.82) is 0 Å². The molecule has 0 spiro atoms. The maximum atomic E-state index is 13.6. The predicted molar refractivity (Wildman–Crippen MR) is 134 cm³/mol. The zero-order chi connectivity index (χ0) is 25.3. The fourth-order valence-corrected chi connectivity index (χ4v) is 5.50. The molecule has 0 aliphatic heterocycles. The maximum absolute atomic E-state index is 13.6. The Morgan fingerprint density at radius 3 is 2.24 bits per heavy atom.